The summed E-state index contributed by atoms with van der Waals surface area (Å²) >= 11 is 5.18. The standard InChI is InChI=1S/C22H25N3O2S/c1-16-4-6-17(7-5-16)10-14-20(26)24-22(28)23-19-12-8-18(9-13-19)11-15-21(27)25(2)3/h4-10,12-14H,11,15H2,1-3H3,(H2,23,24,26,28)/b14-10+. The maximum atomic E-state index is 12.0. The molecule has 0 aliphatic rings. The fraction of sp³-hybridized carbons (Fsp3) is 0.227. The van der Waals surface area contributed by atoms with Crippen LogP contribution in [0.3, 0.4) is 0 Å². The third-order valence-electron chi connectivity index (χ3n) is 4.08. The molecule has 0 aliphatic heterocycles. The van der Waals surface area contributed by atoms with E-state index in [0.29, 0.717) is 12.8 Å². The molecule has 2 amide bonds. The van der Waals surface area contributed by atoms with Crippen molar-refractivity contribution >= 4 is 40.9 Å². The summed E-state index contributed by atoms with van der Waals surface area (Å²) in [7, 11) is 3.50. The van der Waals surface area contributed by atoms with Crippen LogP contribution in [0.5, 0.6) is 0 Å². The van der Waals surface area contributed by atoms with Crippen LogP contribution in [0.1, 0.15) is 23.1 Å². The predicted molar refractivity (Wildman–Crippen MR) is 118 cm³/mol. The first kappa shape index (κ1) is 21.3. The first-order chi connectivity index (χ1) is 13.3. The Morgan fingerprint density at radius 1 is 1.04 bits per heavy atom. The van der Waals surface area contributed by atoms with Crippen LogP contribution in [0.4, 0.5) is 5.69 Å². The van der Waals surface area contributed by atoms with Gasteiger partial charge in [0.15, 0.2) is 5.11 Å². The fourth-order valence-electron chi connectivity index (χ4n) is 2.40. The molecule has 0 saturated heterocycles. The molecule has 2 N–H and O–H groups in total. The van der Waals surface area contributed by atoms with Crippen molar-refractivity contribution in [3.8, 4) is 0 Å². The van der Waals surface area contributed by atoms with Crippen molar-refractivity contribution in [3.05, 3.63) is 71.3 Å². The zero-order valence-corrected chi connectivity index (χ0v) is 17.2. The number of carbonyl (C=O) groups is 2. The largest absolute Gasteiger partial charge is 0.349 e. The van der Waals surface area contributed by atoms with E-state index in [-0.39, 0.29) is 16.9 Å². The molecule has 0 radical (unpaired) electrons. The van der Waals surface area contributed by atoms with Crippen LogP contribution in [-0.2, 0) is 16.0 Å². The van der Waals surface area contributed by atoms with Crippen molar-refractivity contribution in [2.24, 2.45) is 0 Å². The molecule has 2 aromatic carbocycles. The summed E-state index contributed by atoms with van der Waals surface area (Å²) in [5.74, 6) is -0.193. The topological polar surface area (TPSA) is 61.4 Å². The Morgan fingerprint density at radius 3 is 2.29 bits per heavy atom. The molecule has 0 bridgehead atoms. The number of amides is 2. The van der Waals surface area contributed by atoms with Crippen molar-refractivity contribution < 1.29 is 9.59 Å². The van der Waals surface area contributed by atoms with Crippen LogP contribution >= 0.6 is 12.2 Å². The van der Waals surface area contributed by atoms with Crippen molar-refractivity contribution in [2.45, 2.75) is 19.8 Å². The number of aryl methyl sites for hydroxylation is 2. The highest BCUT2D eigenvalue weighted by molar-refractivity contribution is 7.80. The molecule has 0 spiro atoms. The normalized spacial score (nSPS) is 10.5. The van der Waals surface area contributed by atoms with Gasteiger partial charge in [0.2, 0.25) is 11.8 Å². The van der Waals surface area contributed by atoms with Gasteiger partial charge in [0.1, 0.15) is 0 Å². The molecule has 0 atom stereocenters. The Hall–Kier alpha value is -2.99. The Balaban J connectivity index is 1.81. The number of hydrogen-bond donors (Lipinski definition) is 2. The molecule has 28 heavy (non-hydrogen) atoms. The summed E-state index contributed by atoms with van der Waals surface area (Å²) in [6, 6.07) is 15.5. The summed E-state index contributed by atoms with van der Waals surface area (Å²) in [6.45, 7) is 2.01. The van der Waals surface area contributed by atoms with Crippen molar-refractivity contribution in [3.63, 3.8) is 0 Å². The number of nitrogens with one attached hydrogen (secondary N) is 2. The molecule has 2 rings (SSSR count). The van der Waals surface area contributed by atoms with E-state index in [1.165, 1.54) is 11.6 Å². The van der Waals surface area contributed by atoms with Crippen LogP contribution < -0.4 is 10.6 Å². The van der Waals surface area contributed by atoms with E-state index >= 15 is 0 Å². The fourth-order valence-corrected chi connectivity index (χ4v) is 2.61. The highest BCUT2D eigenvalue weighted by Crippen LogP contribution is 2.11. The minimum Gasteiger partial charge on any atom is -0.349 e. The molecular formula is C22H25N3O2S. The number of anilines is 1. The van der Waals surface area contributed by atoms with Gasteiger partial charge in [-0.2, -0.15) is 0 Å². The van der Waals surface area contributed by atoms with Crippen LogP contribution in [0.2, 0.25) is 0 Å². The molecule has 2 aromatic rings. The number of carbonyl (C=O) groups excluding carboxylic acids is 2. The second-order valence-electron chi connectivity index (χ2n) is 6.67. The number of nitrogens with zero attached hydrogens (tertiary/aromatic N) is 1. The van der Waals surface area contributed by atoms with Gasteiger partial charge in [-0.05, 0) is 54.9 Å². The maximum Gasteiger partial charge on any atom is 0.250 e. The van der Waals surface area contributed by atoms with E-state index < -0.39 is 0 Å². The van der Waals surface area contributed by atoms with Crippen molar-refractivity contribution in [1.82, 2.24) is 10.2 Å². The number of thiocarbonyl (C=S) groups is 1. The molecule has 0 aromatic heterocycles. The first-order valence-electron chi connectivity index (χ1n) is 8.99. The van der Waals surface area contributed by atoms with Gasteiger partial charge in [0.25, 0.3) is 0 Å². The van der Waals surface area contributed by atoms with Gasteiger partial charge in [-0.25, -0.2) is 0 Å². The molecule has 6 heteroatoms. The van der Waals surface area contributed by atoms with E-state index in [2.05, 4.69) is 10.6 Å². The van der Waals surface area contributed by atoms with Gasteiger partial charge < -0.3 is 10.2 Å². The minimum absolute atomic E-state index is 0.102. The van der Waals surface area contributed by atoms with Gasteiger partial charge in [-0.1, -0.05) is 42.0 Å². The SMILES string of the molecule is Cc1ccc(/C=C/C(=O)NC(=S)Nc2ccc(CCC(=O)N(C)C)cc2)cc1. The molecule has 146 valence electrons. The van der Waals surface area contributed by atoms with Gasteiger partial charge in [0.05, 0.1) is 0 Å². The van der Waals surface area contributed by atoms with Crippen LogP contribution in [0.25, 0.3) is 6.08 Å². The summed E-state index contributed by atoms with van der Waals surface area (Å²) in [5, 5.41) is 5.83. The highest BCUT2D eigenvalue weighted by Gasteiger charge is 2.05. The molecule has 0 unspecified atom stereocenters. The lowest BCUT2D eigenvalue weighted by atomic mass is 10.1. The molecular weight excluding hydrogens is 370 g/mol. The Morgan fingerprint density at radius 2 is 1.68 bits per heavy atom. The van der Waals surface area contributed by atoms with E-state index in [4.69, 9.17) is 12.2 Å². The average Bonchev–Trinajstić information content (AvgIpc) is 2.66. The number of rotatable bonds is 6. The predicted octanol–water partition coefficient (Wildman–Crippen LogP) is 3.54. The molecule has 5 nitrogen and oxygen atoms in total. The monoisotopic (exact) mass is 395 g/mol. The lowest BCUT2D eigenvalue weighted by Gasteiger charge is -2.11. The highest BCUT2D eigenvalue weighted by atomic mass is 32.1. The zero-order valence-electron chi connectivity index (χ0n) is 16.4. The zero-order chi connectivity index (χ0) is 20.5. The average molecular weight is 396 g/mol. The second-order valence-corrected chi connectivity index (χ2v) is 7.08. The van der Waals surface area contributed by atoms with Crippen molar-refractivity contribution in [1.29, 1.82) is 0 Å². The number of hydrogen-bond acceptors (Lipinski definition) is 3. The van der Waals surface area contributed by atoms with Crippen LogP contribution in [0, 0.1) is 6.92 Å². The Labute approximate surface area is 171 Å². The molecule has 0 fully saturated rings. The van der Waals surface area contributed by atoms with Gasteiger partial charge in [0, 0.05) is 32.3 Å². The lowest BCUT2D eigenvalue weighted by Crippen LogP contribution is -2.32. The third-order valence-corrected chi connectivity index (χ3v) is 4.28. The lowest BCUT2D eigenvalue weighted by molar-refractivity contribution is -0.128. The van der Waals surface area contributed by atoms with Gasteiger partial charge >= 0.3 is 0 Å². The summed E-state index contributed by atoms with van der Waals surface area (Å²) in [5.41, 5.74) is 3.96. The van der Waals surface area contributed by atoms with Crippen molar-refractivity contribution in [2.75, 3.05) is 19.4 Å². The first-order valence-corrected chi connectivity index (χ1v) is 9.40. The maximum absolute atomic E-state index is 12.0. The minimum atomic E-state index is -0.295. The number of benzene rings is 2. The Kier molecular flexibility index (Phi) is 7.89. The smallest absolute Gasteiger partial charge is 0.250 e. The van der Waals surface area contributed by atoms with E-state index in [1.54, 1.807) is 25.1 Å². The molecule has 0 heterocycles. The van der Waals surface area contributed by atoms with E-state index in [0.717, 1.165) is 16.8 Å². The van der Waals surface area contributed by atoms with Gasteiger partial charge in [-0.15, -0.1) is 0 Å². The summed E-state index contributed by atoms with van der Waals surface area (Å²) < 4.78 is 0. The van der Waals surface area contributed by atoms with E-state index in [9.17, 15) is 9.59 Å². The van der Waals surface area contributed by atoms with Gasteiger partial charge in [-0.3, -0.25) is 14.9 Å². The van der Waals surface area contributed by atoms with Crippen LogP contribution in [-0.4, -0.2) is 35.9 Å². The molecule has 0 aliphatic carbocycles. The summed E-state index contributed by atoms with van der Waals surface area (Å²) in [4.78, 5) is 25.2. The molecule has 0 saturated carbocycles. The summed E-state index contributed by atoms with van der Waals surface area (Å²) in [6.07, 6.45) is 4.34. The van der Waals surface area contributed by atoms with Crippen LogP contribution in [0.15, 0.2) is 54.6 Å². The third kappa shape index (κ3) is 7.32. The quantitative estimate of drug-likeness (QED) is 0.580. The Bertz CT molecular complexity index is 856. The second kappa shape index (κ2) is 10.4. The van der Waals surface area contributed by atoms with E-state index in [1.807, 2.05) is 55.5 Å².